The normalized spacial score (nSPS) is 16.3. The van der Waals surface area contributed by atoms with Crippen LogP contribution in [0.3, 0.4) is 0 Å². The third kappa shape index (κ3) is 3.85. The van der Waals surface area contributed by atoms with Crippen LogP contribution in [0.25, 0.3) is 16.6 Å². The molecule has 4 rings (SSSR count). The molecule has 154 valence electrons. The Hall–Kier alpha value is -3.80. The van der Waals surface area contributed by atoms with Crippen molar-refractivity contribution in [3.05, 3.63) is 42.4 Å². The van der Waals surface area contributed by atoms with E-state index in [-0.39, 0.29) is 6.10 Å². The Kier molecular flexibility index (Phi) is 5.39. The molecule has 3 aromatic heterocycles. The van der Waals surface area contributed by atoms with Crippen molar-refractivity contribution in [2.75, 3.05) is 24.6 Å². The predicted octanol–water partition coefficient (Wildman–Crippen LogP) is 2.73. The number of anilines is 1. The number of nitrogens with two attached hydrogens (primary N) is 1. The zero-order chi connectivity index (χ0) is 21.1. The van der Waals surface area contributed by atoms with Crippen LogP contribution in [0.2, 0.25) is 0 Å². The van der Waals surface area contributed by atoms with Crippen molar-refractivity contribution >= 4 is 17.4 Å². The highest BCUT2D eigenvalue weighted by Gasteiger charge is 2.23. The molecule has 1 amide bonds. The first-order valence-corrected chi connectivity index (χ1v) is 9.80. The van der Waals surface area contributed by atoms with E-state index in [4.69, 9.17) is 15.2 Å². The Morgan fingerprint density at radius 3 is 2.97 bits per heavy atom. The Labute approximate surface area is 173 Å². The number of ether oxygens (including phenoxy) is 2. The molecule has 9 nitrogen and oxygen atoms in total. The number of carbonyl (C=O) groups is 1. The summed E-state index contributed by atoms with van der Waals surface area (Å²) in [4.78, 5) is 17.7. The first-order chi connectivity index (χ1) is 14.6. The van der Waals surface area contributed by atoms with E-state index in [9.17, 15) is 10.1 Å². The molecule has 30 heavy (non-hydrogen) atoms. The molecular weight excluding hydrogens is 384 g/mol. The zero-order valence-corrected chi connectivity index (χ0v) is 16.6. The smallest absolute Gasteiger partial charge is 0.404 e. The van der Waals surface area contributed by atoms with Gasteiger partial charge in [-0.25, -0.2) is 14.3 Å². The van der Waals surface area contributed by atoms with E-state index in [1.165, 1.54) is 0 Å². The number of rotatable bonds is 5. The van der Waals surface area contributed by atoms with Gasteiger partial charge in [0.2, 0.25) is 0 Å². The highest BCUT2D eigenvalue weighted by molar-refractivity contribution is 5.85. The topological polar surface area (TPSA) is 119 Å². The van der Waals surface area contributed by atoms with E-state index in [0.29, 0.717) is 30.0 Å². The summed E-state index contributed by atoms with van der Waals surface area (Å²) in [5.74, 6) is 1.46. The van der Waals surface area contributed by atoms with Crippen LogP contribution < -0.4 is 15.4 Å². The summed E-state index contributed by atoms with van der Waals surface area (Å²) in [6, 6.07) is 7.97. The number of pyridine rings is 2. The van der Waals surface area contributed by atoms with Gasteiger partial charge in [0.1, 0.15) is 23.7 Å². The lowest BCUT2D eigenvalue weighted by molar-refractivity contribution is 0.0964. The van der Waals surface area contributed by atoms with Gasteiger partial charge in [-0.1, -0.05) is 0 Å². The number of fused-ring (bicyclic) bond motifs is 1. The summed E-state index contributed by atoms with van der Waals surface area (Å²) < 4.78 is 12.5. The van der Waals surface area contributed by atoms with E-state index < -0.39 is 6.09 Å². The average Bonchev–Trinajstić information content (AvgIpc) is 3.16. The van der Waals surface area contributed by atoms with Gasteiger partial charge in [0, 0.05) is 23.9 Å². The number of amides is 1. The van der Waals surface area contributed by atoms with Gasteiger partial charge in [-0.2, -0.15) is 10.4 Å². The highest BCUT2D eigenvalue weighted by Crippen LogP contribution is 2.31. The molecule has 1 atom stereocenters. The first-order valence-electron chi connectivity index (χ1n) is 9.80. The van der Waals surface area contributed by atoms with Gasteiger partial charge in [0.15, 0.2) is 0 Å². The number of hydrogen-bond acceptors (Lipinski definition) is 7. The number of nitrogens with zero attached hydrogens (tertiary/aromatic N) is 5. The van der Waals surface area contributed by atoms with E-state index >= 15 is 0 Å². The van der Waals surface area contributed by atoms with Gasteiger partial charge >= 0.3 is 6.09 Å². The number of carbonyl (C=O) groups excluding carboxylic acids is 1. The molecule has 0 spiro atoms. The highest BCUT2D eigenvalue weighted by atomic mass is 16.6. The fourth-order valence-corrected chi connectivity index (χ4v) is 3.78. The van der Waals surface area contributed by atoms with Gasteiger partial charge in [-0.15, -0.1) is 0 Å². The SMILES string of the molecule is CCOc1cc(-c2ccc(N3CCCC(OC(N)=O)C3)nc2)c2c(C#N)cnn2c1. The number of nitriles is 1. The summed E-state index contributed by atoms with van der Waals surface area (Å²) in [5, 5.41) is 13.7. The van der Waals surface area contributed by atoms with E-state index in [2.05, 4.69) is 21.1 Å². The monoisotopic (exact) mass is 406 g/mol. The lowest BCUT2D eigenvalue weighted by Crippen LogP contribution is -2.41. The quantitative estimate of drug-likeness (QED) is 0.692. The molecule has 0 aromatic carbocycles. The van der Waals surface area contributed by atoms with E-state index in [0.717, 1.165) is 36.3 Å². The standard InChI is InChI=1S/C21H22N6O3/c1-2-29-17-8-18(20-15(9-22)11-25-27(20)13-17)14-5-6-19(24-10-14)26-7-3-4-16(12-26)30-21(23)28/h5-6,8,10-11,13,16H,2-4,7,12H2,1H3,(H2,23,28). The Bertz CT molecular complexity index is 1100. The maximum Gasteiger partial charge on any atom is 0.404 e. The number of hydrogen-bond donors (Lipinski definition) is 1. The molecule has 9 heteroatoms. The molecule has 3 aromatic rings. The first kappa shape index (κ1) is 19.5. The van der Waals surface area contributed by atoms with E-state index in [1.54, 1.807) is 23.1 Å². The molecule has 0 radical (unpaired) electrons. The fraction of sp³-hybridized carbons (Fsp3) is 0.333. The molecule has 1 aliphatic rings. The minimum absolute atomic E-state index is 0.231. The van der Waals surface area contributed by atoms with Crippen LogP contribution in [0.5, 0.6) is 5.75 Å². The van der Waals surface area contributed by atoms with Crippen LogP contribution >= 0.6 is 0 Å². The lowest BCUT2D eigenvalue weighted by Gasteiger charge is -2.32. The third-order valence-corrected chi connectivity index (χ3v) is 5.06. The number of primary amides is 1. The van der Waals surface area contributed by atoms with Crippen molar-refractivity contribution in [1.29, 1.82) is 5.26 Å². The summed E-state index contributed by atoms with van der Waals surface area (Å²) in [5.41, 5.74) is 8.02. The van der Waals surface area contributed by atoms with Crippen molar-refractivity contribution < 1.29 is 14.3 Å². The molecular formula is C21H22N6O3. The average molecular weight is 406 g/mol. The van der Waals surface area contributed by atoms with Gasteiger partial charge in [0.05, 0.1) is 36.6 Å². The van der Waals surface area contributed by atoms with Crippen LogP contribution in [0.15, 0.2) is 36.8 Å². The second kappa shape index (κ2) is 8.29. The molecule has 0 saturated carbocycles. The van der Waals surface area contributed by atoms with E-state index in [1.807, 2.05) is 25.1 Å². The minimum Gasteiger partial charge on any atom is -0.492 e. The van der Waals surface area contributed by atoms with Gasteiger partial charge < -0.3 is 20.1 Å². The van der Waals surface area contributed by atoms with Gasteiger partial charge in [0.25, 0.3) is 0 Å². The summed E-state index contributed by atoms with van der Waals surface area (Å²) in [7, 11) is 0. The van der Waals surface area contributed by atoms with Crippen LogP contribution in [0, 0.1) is 11.3 Å². The molecule has 1 fully saturated rings. The molecule has 2 N–H and O–H groups in total. The minimum atomic E-state index is -0.752. The van der Waals surface area contributed by atoms with Gasteiger partial charge in [-0.3, -0.25) is 0 Å². The Balaban J connectivity index is 1.66. The van der Waals surface area contributed by atoms with Crippen molar-refractivity contribution in [2.24, 2.45) is 5.73 Å². The van der Waals surface area contributed by atoms with Crippen LogP contribution in [-0.2, 0) is 4.74 Å². The molecule has 1 unspecified atom stereocenters. The van der Waals surface area contributed by atoms with Crippen molar-refractivity contribution in [3.8, 4) is 22.9 Å². The summed E-state index contributed by atoms with van der Waals surface area (Å²) >= 11 is 0. The van der Waals surface area contributed by atoms with Crippen LogP contribution in [-0.4, -0.2) is 46.5 Å². The fourth-order valence-electron chi connectivity index (χ4n) is 3.78. The maximum absolute atomic E-state index is 11.0. The molecule has 1 saturated heterocycles. The van der Waals surface area contributed by atoms with Crippen molar-refractivity contribution in [2.45, 2.75) is 25.9 Å². The summed E-state index contributed by atoms with van der Waals surface area (Å²) in [6.07, 6.45) is 5.77. The summed E-state index contributed by atoms with van der Waals surface area (Å²) in [6.45, 7) is 3.83. The molecule has 0 bridgehead atoms. The lowest BCUT2D eigenvalue weighted by atomic mass is 10.0. The van der Waals surface area contributed by atoms with Crippen LogP contribution in [0.4, 0.5) is 10.6 Å². The number of piperidine rings is 1. The Morgan fingerprint density at radius 2 is 2.27 bits per heavy atom. The predicted molar refractivity (Wildman–Crippen MR) is 110 cm³/mol. The molecule has 4 heterocycles. The molecule has 1 aliphatic heterocycles. The van der Waals surface area contributed by atoms with Gasteiger partial charge in [-0.05, 0) is 38.0 Å². The maximum atomic E-state index is 11.0. The third-order valence-electron chi connectivity index (χ3n) is 5.06. The largest absolute Gasteiger partial charge is 0.492 e. The molecule has 0 aliphatic carbocycles. The second-order valence-electron chi connectivity index (χ2n) is 7.04. The van der Waals surface area contributed by atoms with Crippen molar-refractivity contribution in [3.63, 3.8) is 0 Å². The van der Waals surface area contributed by atoms with Crippen molar-refractivity contribution in [1.82, 2.24) is 14.6 Å². The van der Waals surface area contributed by atoms with Crippen LogP contribution in [0.1, 0.15) is 25.3 Å². The number of aromatic nitrogens is 3. The zero-order valence-electron chi connectivity index (χ0n) is 16.6. The second-order valence-corrected chi connectivity index (χ2v) is 7.04. The Morgan fingerprint density at radius 1 is 1.40 bits per heavy atom.